The Morgan fingerprint density at radius 3 is 2.39 bits per heavy atom. The summed E-state index contributed by atoms with van der Waals surface area (Å²) in [6, 6.07) is 6.19. The van der Waals surface area contributed by atoms with Crippen molar-refractivity contribution in [3.05, 3.63) is 46.2 Å². The standard InChI is InChI=1S/C22H23Cl2FN3O8PS/c1-10(2)35-18-5-4-12(6-15(18)24)20-27-28-21(38-20)13-7-16(25)19(8-14(13)23)34-9-17(26-22(29)30)11(3)36-37(31,32)33/h4-8,10-11,17,26H,9H2,1-3H3,(H,29,30)(H2,31,32,33)/t11-,17-/m0/s1. The SMILES string of the molecule is CC(C)Oc1ccc(-c2nnc(-c3cc(F)c(OC[C@H](NC(=O)O)[C@H](C)OP(=O)(O)O)cc3Cl)s2)cc1Cl. The second-order valence-corrected chi connectivity index (χ2v) is 11.1. The molecule has 4 N–H and O–H groups in total. The molecule has 38 heavy (non-hydrogen) atoms. The molecule has 206 valence electrons. The van der Waals surface area contributed by atoms with Crippen LogP contribution in [-0.2, 0) is 9.09 Å². The Labute approximate surface area is 230 Å². The molecule has 3 aromatic rings. The van der Waals surface area contributed by atoms with E-state index in [4.69, 9.17) is 47.6 Å². The molecule has 2 aromatic carbocycles. The van der Waals surface area contributed by atoms with Gasteiger partial charge in [0.15, 0.2) is 11.6 Å². The highest BCUT2D eigenvalue weighted by Crippen LogP contribution is 2.40. The third kappa shape index (κ3) is 8.24. The van der Waals surface area contributed by atoms with Crippen LogP contribution in [0.25, 0.3) is 21.1 Å². The van der Waals surface area contributed by atoms with Crippen LogP contribution in [0.4, 0.5) is 9.18 Å². The molecular weight excluding hydrogens is 587 g/mol. The van der Waals surface area contributed by atoms with Crippen LogP contribution in [0.2, 0.25) is 10.0 Å². The number of carbonyl (C=O) groups is 1. The van der Waals surface area contributed by atoms with Gasteiger partial charge in [0.1, 0.15) is 22.4 Å². The van der Waals surface area contributed by atoms with Gasteiger partial charge in [-0.15, -0.1) is 10.2 Å². The van der Waals surface area contributed by atoms with E-state index in [0.29, 0.717) is 26.4 Å². The van der Waals surface area contributed by atoms with Gasteiger partial charge >= 0.3 is 13.9 Å². The van der Waals surface area contributed by atoms with E-state index >= 15 is 0 Å². The van der Waals surface area contributed by atoms with Gasteiger partial charge in [-0.1, -0.05) is 34.5 Å². The Kier molecular flexibility index (Phi) is 9.93. The monoisotopic (exact) mass is 609 g/mol. The summed E-state index contributed by atoms with van der Waals surface area (Å²) in [5, 5.41) is 20.6. The first-order valence-electron chi connectivity index (χ1n) is 10.9. The minimum Gasteiger partial charge on any atom is -0.489 e. The van der Waals surface area contributed by atoms with Crippen molar-refractivity contribution in [1.29, 1.82) is 0 Å². The number of benzene rings is 2. The number of carboxylic acid groups (broad SMARTS) is 1. The summed E-state index contributed by atoms with van der Waals surface area (Å²) >= 11 is 13.8. The number of halogens is 3. The Hall–Kier alpha value is -2.51. The Balaban J connectivity index is 1.78. The molecule has 0 spiro atoms. The Bertz CT molecular complexity index is 1360. The highest BCUT2D eigenvalue weighted by Gasteiger charge is 2.28. The normalized spacial score (nSPS) is 13.3. The predicted molar refractivity (Wildman–Crippen MR) is 140 cm³/mol. The number of aromatic nitrogens is 2. The lowest BCUT2D eigenvalue weighted by Gasteiger charge is -2.24. The van der Waals surface area contributed by atoms with Crippen molar-refractivity contribution in [2.75, 3.05) is 6.61 Å². The van der Waals surface area contributed by atoms with Gasteiger partial charge in [-0.3, -0.25) is 4.52 Å². The summed E-state index contributed by atoms with van der Waals surface area (Å²) in [7, 11) is -4.91. The summed E-state index contributed by atoms with van der Waals surface area (Å²) < 4.78 is 41.5. The minimum absolute atomic E-state index is 0.0498. The van der Waals surface area contributed by atoms with Crippen molar-refractivity contribution in [2.45, 2.75) is 39.0 Å². The third-order valence-corrected chi connectivity index (χ3v) is 7.04. The molecule has 0 bridgehead atoms. The molecule has 2 atom stereocenters. The fourth-order valence-corrected chi connectivity index (χ4v) is 5.13. The van der Waals surface area contributed by atoms with E-state index in [1.807, 2.05) is 19.2 Å². The molecular formula is C22H23Cl2FN3O8PS. The maximum Gasteiger partial charge on any atom is 0.469 e. The van der Waals surface area contributed by atoms with E-state index in [1.165, 1.54) is 13.0 Å². The Morgan fingerprint density at radius 2 is 1.79 bits per heavy atom. The lowest BCUT2D eigenvalue weighted by atomic mass is 10.2. The zero-order valence-corrected chi connectivity index (χ0v) is 23.3. The summed E-state index contributed by atoms with van der Waals surface area (Å²) in [5.41, 5.74) is 0.916. The fourth-order valence-electron chi connectivity index (χ4n) is 3.16. The number of phosphoric acid groups is 1. The van der Waals surface area contributed by atoms with Crippen molar-refractivity contribution < 1.29 is 42.6 Å². The molecule has 0 aliphatic rings. The summed E-state index contributed by atoms with van der Waals surface area (Å²) in [6.45, 7) is 4.47. The van der Waals surface area contributed by atoms with Crippen LogP contribution in [0, 0.1) is 5.82 Å². The van der Waals surface area contributed by atoms with Crippen LogP contribution in [-0.4, -0.2) is 56.0 Å². The summed E-state index contributed by atoms with van der Waals surface area (Å²) in [6.07, 6.45) is -2.85. The van der Waals surface area contributed by atoms with Crippen LogP contribution in [0.3, 0.4) is 0 Å². The molecule has 1 heterocycles. The fraction of sp³-hybridized carbons (Fsp3) is 0.318. The summed E-state index contributed by atoms with van der Waals surface area (Å²) in [5.74, 6) is -0.632. The molecule has 0 saturated carbocycles. The average molecular weight is 610 g/mol. The van der Waals surface area contributed by atoms with Gasteiger partial charge in [-0.25, -0.2) is 13.8 Å². The predicted octanol–water partition coefficient (Wildman–Crippen LogP) is 5.62. The van der Waals surface area contributed by atoms with Gasteiger partial charge in [0.2, 0.25) is 0 Å². The molecule has 0 fully saturated rings. The van der Waals surface area contributed by atoms with Crippen molar-refractivity contribution in [3.63, 3.8) is 0 Å². The molecule has 16 heteroatoms. The van der Waals surface area contributed by atoms with E-state index in [2.05, 4.69) is 14.7 Å². The van der Waals surface area contributed by atoms with Gasteiger partial charge in [-0.2, -0.15) is 0 Å². The molecule has 3 rings (SSSR count). The molecule has 1 amide bonds. The second-order valence-electron chi connectivity index (χ2n) is 8.15. The van der Waals surface area contributed by atoms with Crippen LogP contribution in [0.5, 0.6) is 11.5 Å². The first-order chi connectivity index (χ1) is 17.7. The molecule has 0 radical (unpaired) electrons. The number of hydrogen-bond acceptors (Lipinski definition) is 8. The van der Waals surface area contributed by atoms with Gasteiger partial charge in [0, 0.05) is 17.2 Å². The number of nitrogens with one attached hydrogen (secondary N) is 1. The molecule has 1 aromatic heterocycles. The summed E-state index contributed by atoms with van der Waals surface area (Å²) in [4.78, 5) is 29.0. The molecule has 0 saturated heterocycles. The van der Waals surface area contributed by atoms with Gasteiger partial charge in [0.05, 0.1) is 28.3 Å². The van der Waals surface area contributed by atoms with Gasteiger partial charge in [-0.05, 0) is 45.0 Å². The van der Waals surface area contributed by atoms with Crippen molar-refractivity contribution in [2.24, 2.45) is 0 Å². The number of amides is 1. The lowest BCUT2D eigenvalue weighted by molar-refractivity contribution is 0.0895. The maximum absolute atomic E-state index is 14.9. The number of ether oxygens (including phenoxy) is 2. The lowest BCUT2D eigenvalue weighted by Crippen LogP contribution is -2.46. The van der Waals surface area contributed by atoms with Crippen LogP contribution < -0.4 is 14.8 Å². The zero-order valence-electron chi connectivity index (χ0n) is 20.1. The van der Waals surface area contributed by atoms with E-state index < -0.39 is 38.5 Å². The van der Waals surface area contributed by atoms with E-state index in [9.17, 15) is 13.8 Å². The van der Waals surface area contributed by atoms with Crippen LogP contribution >= 0.6 is 42.4 Å². The first kappa shape index (κ1) is 30.0. The highest BCUT2D eigenvalue weighted by atomic mass is 35.5. The first-order valence-corrected chi connectivity index (χ1v) is 14.0. The van der Waals surface area contributed by atoms with Gasteiger partial charge < -0.3 is 29.7 Å². The molecule has 0 unspecified atom stereocenters. The van der Waals surface area contributed by atoms with E-state index in [0.717, 1.165) is 17.4 Å². The smallest absolute Gasteiger partial charge is 0.469 e. The number of hydrogen-bond donors (Lipinski definition) is 4. The molecule has 11 nitrogen and oxygen atoms in total. The number of rotatable bonds is 11. The maximum atomic E-state index is 14.9. The topological polar surface area (TPSA) is 160 Å². The van der Waals surface area contributed by atoms with Gasteiger partial charge in [0.25, 0.3) is 0 Å². The number of phosphoric ester groups is 1. The Morgan fingerprint density at radius 1 is 1.11 bits per heavy atom. The third-order valence-electron chi connectivity index (χ3n) is 4.82. The minimum atomic E-state index is -4.91. The van der Waals surface area contributed by atoms with Crippen molar-refractivity contribution >= 4 is 48.5 Å². The van der Waals surface area contributed by atoms with Crippen molar-refractivity contribution in [3.8, 4) is 32.6 Å². The average Bonchev–Trinajstić information content (AvgIpc) is 3.28. The van der Waals surface area contributed by atoms with E-state index in [1.54, 1.807) is 18.2 Å². The molecule has 0 aliphatic heterocycles. The largest absolute Gasteiger partial charge is 0.489 e. The molecule has 0 aliphatic carbocycles. The highest BCUT2D eigenvalue weighted by molar-refractivity contribution is 7.46. The van der Waals surface area contributed by atoms with Crippen LogP contribution in [0.15, 0.2) is 30.3 Å². The van der Waals surface area contributed by atoms with Crippen LogP contribution in [0.1, 0.15) is 20.8 Å². The second kappa shape index (κ2) is 12.6. The zero-order chi connectivity index (χ0) is 28.2. The van der Waals surface area contributed by atoms with E-state index in [-0.39, 0.29) is 22.4 Å². The quantitative estimate of drug-likeness (QED) is 0.201. The van der Waals surface area contributed by atoms with Crippen molar-refractivity contribution in [1.82, 2.24) is 15.5 Å². The number of nitrogens with zero attached hydrogens (tertiary/aromatic N) is 2.